The third-order valence-electron chi connectivity index (χ3n) is 3.82. The Kier molecular flexibility index (Phi) is 11.5. The molecule has 0 spiro atoms. The number of hydrogen-bond acceptors (Lipinski definition) is 7. The maximum Gasteiger partial charge on any atom is 0.325 e. The second-order valence-electron chi connectivity index (χ2n) is 6.59. The molecule has 0 saturated heterocycles. The van der Waals surface area contributed by atoms with Crippen LogP contribution in [0.3, 0.4) is 0 Å². The summed E-state index contributed by atoms with van der Waals surface area (Å²) in [6.45, 7) is 2.82. The van der Waals surface area contributed by atoms with E-state index in [1.54, 1.807) is 0 Å². The van der Waals surface area contributed by atoms with Gasteiger partial charge in [0.2, 0.25) is 23.6 Å². The summed E-state index contributed by atoms with van der Waals surface area (Å²) in [5.74, 6) is -4.55. The highest BCUT2D eigenvalue weighted by Gasteiger charge is 2.28. The monoisotopic (exact) mass is 430 g/mol. The fourth-order valence-corrected chi connectivity index (χ4v) is 2.12. The number of carboxylic acids is 1. The van der Waals surface area contributed by atoms with E-state index in [9.17, 15) is 24.0 Å². The first-order valence-corrected chi connectivity index (χ1v) is 9.08. The van der Waals surface area contributed by atoms with Crippen molar-refractivity contribution in [3.63, 3.8) is 0 Å². The Morgan fingerprint density at radius 1 is 0.900 bits per heavy atom. The van der Waals surface area contributed by atoms with Crippen LogP contribution in [0.4, 0.5) is 0 Å². The fraction of sp³-hybridized carbons (Fsp3) is 0.625. The lowest BCUT2D eigenvalue weighted by Gasteiger charge is -2.22. The van der Waals surface area contributed by atoms with Crippen LogP contribution in [0.2, 0.25) is 0 Å². The highest BCUT2D eigenvalue weighted by Crippen LogP contribution is 2.00. The summed E-state index contributed by atoms with van der Waals surface area (Å²) in [6, 6.07) is -4.68. The topological polar surface area (TPSA) is 258 Å². The van der Waals surface area contributed by atoms with Gasteiger partial charge in [-0.2, -0.15) is 0 Å². The molecule has 0 bridgehead atoms. The van der Waals surface area contributed by atoms with Gasteiger partial charge in [0.1, 0.15) is 18.1 Å². The number of guanidine groups is 1. The van der Waals surface area contributed by atoms with Crippen molar-refractivity contribution in [2.24, 2.45) is 27.9 Å². The number of carboxylic acid groups (broad SMARTS) is 1. The molecule has 12 N–H and O–H groups in total. The van der Waals surface area contributed by atoms with Gasteiger partial charge in [0, 0.05) is 6.54 Å². The van der Waals surface area contributed by atoms with E-state index >= 15 is 0 Å². The van der Waals surface area contributed by atoms with Crippen molar-refractivity contribution < 1.29 is 29.1 Å². The molecule has 0 saturated carbocycles. The molecule has 4 unspecified atom stereocenters. The van der Waals surface area contributed by atoms with Gasteiger partial charge in [-0.3, -0.25) is 29.0 Å². The molecule has 14 nitrogen and oxygen atoms in total. The number of nitrogens with one attached hydrogen (secondary N) is 3. The Labute approximate surface area is 173 Å². The summed E-state index contributed by atoms with van der Waals surface area (Å²) in [6.07, 6.45) is 0.0791. The summed E-state index contributed by atoms with van der Waals surface area (Å²) in [5.41, 5.74) is 21.2. The van der Waals surface area contributed by atoms with Gasteiger partial charge in [0.05, 0.1) is 12.5 Å². The second kappa shape index (κ2) is 12.9. The molecular formula is C16H30N8O6. The van der Waals surface area contributed by atoms with E-state index in [0.29, 0.717) is 6.42 Å². The molecule has 0 fully saturated rings. The van der Waals surface area contributed by atoms with E-state index in [4.69, 9.17) is 28.0 Å². The van der Waals surface area contributed by atoms with Crippen molar-refractivity contribution in [1.29, 1.82) is 0 Å². The van der Waals surface area contributed by atoms with Gasteiger partial charge < -0.3 is 44.0 Å². The third kappa shape index (κ3) is 10.8. The predicted octanol–water partition coefficient (Wildman–Crippen LogP) is -4.18. The van der Waals surface area contributed by atoms with E-state index in [0.717, 1.165) is 0 Å². The quantitative estimate of drug-likeness (QED) is 0.0799. The number of aliphatic carboxylic acids is 1. The van der Waals surface area contributed by atoms with Crippen molar-refractivity contribution in [3.05, 3.63) is 0 Å². The fourth-order valence-electron chi connectivity index (χ4n) is 2.12. The summed E-state index contributed by atoms with van der Waals surface area (Å²) in [4.78, 5) is 62.3. The number of nitrogens with two attached hydrogens (primary N) is 4. The molecule has 0 aliphatic carbocycles. The lowest BCUT2D eigenvalue weighted by Crippen LogP contribution is -2.56. The van der Waals surface area contributed by atoms with Crippen LogP contribution in [0.15, 0.2) is 4.99 Å². The van der Waals surface area contributed by atoms with Gasteiger partial charge in [-0.15, -0.1) is 0 Å². The first kappa shape index (κ1) is 26.6. The van der Waals surface area contributed by atoms with Crippen molar-refractivity contribution in [2.75, 3.05) is 6.54 Å². The summed E-state index contributed by atoms with van der Waals surface area (Å²) >= 11 is 0. The summed E-state index contributed by atoms with van der Waals surface area (Å²) in [5, 5.41) is 15.6. The molecule has 0 rings (SSSR count). The molecule has 0 aromatic rings. The number of amides is 4. The highest BCUT2D eigenvalue weighted by atomic mass is 16.4. The Bertz CT molecular complexity index is 679. The van der Waals surface area contributed by atoms with Crippen LogP contribution in [-0.2, 0) is 24.0 Å². The Balaban J connectivity index is 4.88. The standard InChI is InChI=1S/C16H30N8O6/c1-7(12(26)23-8(2)15(29)30)22-14(28)10(6-11(18)25)24-13(27)9(17)4-3-5-21-16(19)20/h7-10H,3-6,17H2,1-2H3,(H2,18,25)(H,22,28)(H,23,26)(H,24,27)(H,29,30)(H4,19,20,21). The second-order valence-corrected chi connectivity index (χ2v) is 6.59. The van der Waals surface area contributed by atoms with Crippen molar-refractivity contribution in [3.8, 4) is 0 Å². The zero-order valence-electron chi connectivity index (χ0n) is 16.9. The Morgan fingerprint density at radius 3 is 1.97 bits per heavy atom. The first-order chi connectivity index (χ1) is 13.8. The van der Waals surface area contributed by atoms with Gasteiger partial charge in [0.15, 0.2) is 5.96 Å². The number of aliphatic imine (C=N–C) groups is 1. The van der Waals surface area contributed by atoms with Crippen molar-refractivity contribution in [2.45, 2.75) is 57.3 Å². The minimum atomic E-state index is -1.37. The third-order valence-corrected chi connectivity index (χ3v) is 3.82. The van der Waals surface area contributed by atoms with Gasteiger partial charge in [-0.05, 0) is 26.7 Å². The minimum Gasteiger partial charge on any atom is -0.480 e. The number of carbonyl (C=O) groups is 5. The minimum absolute atomic E-state index is 0.0953. The van der Waals surface area contributed by atoms with E-state index in [2.05, 4.69) is 20.9 Å². The molecule has 0 heterocycles. The number of rotatable bonds is 13. The molecule has 30 heavy (non-hydrogen) atoms. The molecule has 0 radical (unpaired) electrons. The number of primary amides is 1. The molecule has 0 aromatic carbocycles. The van der Waals surface area contributed by atoms with Crippen molar-refractivity contribution in [1.82, 2.24) is 16.0 Å². The maximum atomic E-state index is 12.4. The maximum absolute atomic E-state index is 12.4. The van der Waals surface area contributed by atoms with Crippen LogP contribution in [0.25, 0.3) is 0 Å². The van der Waals surface area contributed by atoms with Crippen LogP contribution in [0.5, 0.6) is 0 Å². The van der Waals surface area contributed by atoms with Crippen LogP contribution >= 0.6 is 0 Å². The highest BCUT2D eigenvalue weighted by molar-refractivity contribution is 5.95. The van der Waals surface area contributed by atoms with E-state index in [1.807, 2.05) is 0 Å². The molecule has 14 heteroatoms. The molecule has 4 atom stereocenters. The summed E-state index contributed by atoms with van der Waals surface area (Å²) < 4.78 is 0. The number of carbonyl (C=O) groups excluding carboxylic acids is 4. The van der Waals surface area contributed by atoms with E-state index in [-0.39, 0.29) is 18.9 Å². The lowest BCUT2D eigenvalue weighted by atomic mass is 10.1. The van der Waals surface area contributed by atoms with Gasteiger partial charge in [-0.25, -0.2) is 0 Å². The SMILES string of the molecule is CC(NC(=O)C(C)NC(=O)C(CC(N)=O)NC(=O)C(N)CCCN=C(N)N)C(=O)O. The first-order valence-electron chi connectivity index (χ1n) is 9.08. The van der Waals surface area contributed by atoms with Crippen molar-refractivity contribution >= 4 is 35.6 Å². The molecule has 0 aromatic heterocycles. The lowest BCUT2D eigenvalue weighted by molar-refractivity contribution is -0.141. The molecule has 170 valence electrons. The summed E-state index contributed by atoms with van der Waals surface area (Å²) in [7, 11) is 0. The smallest absolute Gasteiger partial charge is 0.325 e. The average molecular weight is 430 g/mol. The molecule has 0 aliphatic heterocycles. The van der Waals surface area contributed by atoms with Crippen LogP contribution in [0.1, 0.15) is 33.1 Å². The zero-order valence-corrected chi connectivity index (χ0v) is 16.9. The number of hydrogen-bond donors (Lipinski definition) is 8. The average Bonchev–Trinajstić information content (AvgIpc) is 2.63. The Morgan fingerprint density at radius 2 is 1.47 bits per heavy atom. The normalized spacial score (nSPS) is 14.4. The van der Waals surface area contributed by atoms with E-state index < -0.39 is 60.2 Å². The van der Waals surface area contributed by atoms with Gasteiger partial charge in [0.25, 0.3) is 0 Å². The molecular weight excluding hydrogens is 400 g/mol. The van der Waals surface area contributed by atoms with E-state index in [1.165, 1.54) is 13.8 Å². The molecule has 4 amide bonds. The zero-order chi connectivity index (χ0) is 23.4. The van der Waals surface area contributed by atoms with Crippen LogP contribution in [-0.4, -0.2) is 71.4 Å². The largest absolute Gasteiger partial charge is 0.480 e. The van der Waals surface area contributed by atoms with Crippen LogP contribution in [0, 0.1) is 0 Å². The predicted molar refractivity (Wildman–Crippen MR) is 106 cm³/mol. The van der Waals surface area contributed by atoms with Crippen LogP contribution < -0.4 is 38.9 Å². The molecule has 0 aliphatic rings. The van der Waals surface area contributed by atoms with Gasteiger partial charge >= 0.3 is 5.97 Å². The van der Waals surface area contributed by atoms with Gasteiger partial charge in [-0.1, -0.05) is 0 Å². The Hall–Kier alpha value is -3.42. The number of nitrogens with zero attached hydrogens (tertiary/aromatic N) is 1.